The van der Waals surface area contributed by atoms with Gasteiger partial charge in [-0.3, -0.25) is 0 Å². The molecule has 0 unspecified atom stereocenters. The molecule has 3 aromatic rings. The maximum atomic E-state index is 6.13. The highest BCUT2D eigenvalue weighted by Gasteiger charge is 2.06. The van der Waals surface area contributed by atoms with Gasteiger partial charge in [-0.25, -0.2) is 0 Å². The number of hydrogen-bond acceptors (Lipinski definition) is 6. The summed E-state index contributed by atoms with van der Waals surface area (Å²) in [6.07, 6.45) is 1.49. The van der Waals surface area contributed by atoms with Crippen LogP contribution in [-0.2, 0) is 0 Å². The standard InChI is InChI=1S/C16H13Cl2N5O/c1-24-12-4-2-3-11(8-12)20-16-22-15(9-19-23-16)21-14-7-10(17)5-6-13(14)18/h2-9H,1H3,(H2,20,21,22,23). The molecule has 2 aromatic carbocycles. The molecule has 0 fully saturated rings. The molecule has 24 heavy (non-hydrogen) atoms. The normalized spacial score (nSPS) is 10.3. The third-order valence-corrected chi connectivity index (χ3v) is 3.64. The highest BCUT2D eigenvalue weighted by molar-refractivity contribution is 6.35. The van der Waals surface area contributed by atoms with Crippen LogP contribution in [0.2, 0.25) is 10.0 Å². The number of ether oxygens (including phenoxy) is 1. The summed E-state index contributed by atoms with van der Waals surface area (Å²) in [7, 11) is 1.61. The number of aromatic nitrogens is 3. The molecule has 0 atom stereocenters. The number of rotatable bonds is 5. The fraction of sp³-hybridized carbons (Fsp3) is 0.0625. The van der Waals surface area contributed by atoms with Crippen LogP contribution in [0.15, 0.2) is 48.7 Å². The lowest BCUT2D eigenvalue weighted by atomic mass is 10.3. The first-order valence-corrected chi connectivity index (χ1v) is 7.72. The van der Waals surface area contributed by atoms with E-state index in [2.05, 4.69) is 25.8 Å². The largest absolute Gasteiger partial charge is 0.497 e. The molecular weight excluding hydrogens is 349 g/mol. The van der Waals surface area contributed by atoms with E-state index in [1.807, 2.05) is 24.3 Å². The first-order valence-electron chi connectivity index (χ1n) is 6.97. The average Bonchev–Trinajstić information content (AvgIpc) is 2.59. The lowest BCUT2D eigenvalue weighted by Crippen LogP contribution is -2.02. The Morgan fingerprint density at radius 2 is 1.92 bits per heavy atom. The van der Waals surface area contributed by atoms with Crippen LogP contribution < -0.4 is 15.4 Å². The van der Waals surface area contributed by atoms with E-state index in [1.54, 1.807) is 25.3 Å². The summed E-state index contributed by atoms with van der Waals surface area (Å²) >= 11 is 12.1. The Morgan fingerprint density at radius 1 is 1.04 bits per heavy atom. The van der Waals surface area contributed by atoms with Crippen LogP contribution in [0.3, 0.4) is 0 Å². The second-order valence-electron chi connectivity index (χ2n) is 4.77. The molecule has 1 aromatic heterocycles. The van der Waals surface area contributed by atoms with Gasteiger partial charge in [0.15, 0.2) is 5.82 Å². The lowest BCUT2D eigenvalue weighted by Gasteiger charge is -2.09. The molecule has 0 saturated carbocycles. The van der Waals surface area contributed by atoms with Gasteiger partial charge in [0.25, 0.3) is 0 Å². The van der Waals surface area contributed by atoms with Crippen molar-refractivity contribution in [2.24, 2.45) is 0 Å². The van der Waals surface area contributed by atoms with Gasteiger partial charge in [-0.1, -0.05) is 29.3 Å². The summed E-state index contributed by atoms with van der Waals surface area (Å²) in [5.41, 5.74) is 1.42. The Kier molecular flexibility index (Phi) is 4.98. The van der Waals surface area contributed by atoms with Crippen molar-refractivity contribution in [3.63, 3.8) is 0 Å². The fourth-order valence-corrected chi connectivity index (χ4v) is 2.31. The van der Waals surface area contributed by atoms with Crippen molar-refractivity contribution >= 4 is 46.3 Å². The average molecular weight is 362 g/mol. The van der Waals surface area contributed by atoms with E-state index in [4.69, 9.17) is 27.9 Å². The number of hydrogen-bond donors (Lipinski definition) is 2. The molecule has 122 valence electrons. The Bertz CT molecular complexity index is 859. The summed E-state index contributed by atoms with van der Waals surface area (Å²) < 4.78 is 5.18. The van der Waals surface area contributed by atoms with E-state index in [9.17, 15) is 0 Å². The van der Waals surface area contributed by atoms with Crippen molar-refractivity contribution in [1.29, 1.82) is 0 Å². The number of anilines is 4. The highest BCUT2D eigenvalue weighted by Crippen LogP contribution is 2.28. The second kappa shape index (κ2) is 7.33. The van der Waals surface area contributed by atoms with E-state index in [0.29, 0.717) is 27.5 Å². The maximum absolute atomic E-state index is 6.13. The zero-order valence-electron chi connectivity index (χ0n) is 12.6. The second-order valence-corrected chi connectivity index (χ2v) is 5.61. The Morgan fingerprint density at radius 3 is 2.75 bits per heavy atom. The predicted molar refractivity (Wildman–Crippen MR) is 95.8 cm³/mol. The Labute approximate surface area is 148 Å². The van der Waals surface area contributed by atoms with Gasteiger partial charge in [0.05, 0.1) is 24.0 Å². The molecule has 1 heterocycles. The molecule has 6 nitrogen and oxygen atoms in total. The van der Waals surface area contributed by atoms with Gasteiger partial charge >= 0.3 is 0 Å². The van der Waals surface area contributed by atoms with E-state index >= 15 is 0 Å². The zero-order valence-corrected chi connectivity index (χ0v) is 14.1. The Balaban J connectivity index is 1.80. The summed E-state index contributed by atoms with van der Waals surface area (Å²) in [6.45, 7) is 0. The number of nitrogens with one attached hydrogen (secondary N) is 2. The summed E-state index contributed by atoms with van der Waals surface area (Å²) in [6, 6.07) is 12.5. The third-order valence-electron chi connectivity index (χ3n) is 3.08. The van der Waals surface area contributed by atoms with E-state index in [0.717, 1.165) is 11.4 Å². The smallest absolute Gasteiger partial charge is 0.249 e. The maximum Gasteiger partial charge on any atom is 0.249 e. The molecule has 0 aliphatic heterocycles. The third kappa shape index (κ3) is 4.04. The lowest BCUT2D eigenvalue weighted by molar-refractivity contribution is 0.415. The summed E-state index contributed by atoms with van der Waals surface area (Å²) in [5.74, 6) is 1.55. The number of nitrogens with zero attached hydrogens (tertiary/aromatic N) is 3. The number of halogens is 2. The first-order chi connectivity index (χ1) is 11.6. The van der Waals surface area contributed by atoms with Crippen LogP contribution in [0.1, 0.15) is 0 Å². The SMILES string of the molecule is COc1cccc(Nc2nncc(Nc3cc(Cl)ccc3Cl)n2)c1. The van der Waals surface area contributed by atoms with Gasteiger partial charge in [-0.05, 0) is 30.3 Å². The van der Waals surface area contributed by atoms with Crippen molar-refractivity contribution in [2.45, 2.75) is 0 Å². The topological polar surface area (TPSA) is 72.0 Å². The van der Waals surface area contributed by atoms with Crippen molar-refractivity contribution < 1.29 is 4.74 Å². The van der Waals surface area contributed by atoms with Crippen molar-refractivity contribution in [3.05, 3.63) is 58.7 Å². The minimum Gasteiger partial charge on any atom is -0.497 e. The molecule has 0 aliphatic rings. The zero-order chi connectivity index (χ0) is 16.9. The van der Waals surface area contributed by atoms with E-state index in [-0.39, 0.29) is 0 Å². The summed E-state index contributed by atoms with van der Waals surface area (Å²) in [4.78, 5) is 4.35. The van der Waals surface area contributed by atoms with Crippen molar-refractivity contribution in [1.82, 2.24) is 15.2 Å². The van der Waals surface area contributed by atoms with Crippen LogP contribution in [-0.4, -0.2) is 22.3 Å². The van der Waals surface area contributed by atoms with E-state index < -0.39 is 0 Å². The Hall–Kier alpha value is -2.57. The van der Waals surface area contributed by atoms with Crippen molar-refractivity contribution in [2.75, 3.05) is 17.7 Å². The minimum atomic E-state index is 0.339. The molecule has 0 spiro atoms. The van der Waals surface area contributed by atoms with Gasteiger partial charge in [-0.15, -0.1) is 5.10 Å². The molecule has 0 aliphatic carbocycles. The molecule has 0 amide bonds. The predicted octanol–water partition coefficient (Wildman–Crippen LogP) is 4.67. The molecule has 0 bridgehead atoms. The van der Waals surface area contributed by atoms with Gasteiger partial charge in [-0.2, -0.15) is 10.1 Å². The fourth-order valence-electron chi connectivity index (χ4n) is 1.98. The first kappa shape index (κ1) is 16.3. The minimum absolute atomic E-state index is 0.339. The molecule has 2 N–H and O–H groups in total. The van der Waals surface area contributed by atoms with Crippen LogP contribution in [0, 0.1) is 0 Å². The van der Waals surface area contributed by atoms with Crippen molar-refractivity contribution in [3.8, 4) is 5.75 Å². The van der Waals surface area contributed by atoms with Crippen LogP contribution >= 0.6 is 23.2 Å². The highest BCUT2D eigenvalue weighted by atomic mass is 35.5. The van der Waals surface area contributed by atoms with Gasteiger partial charge < -0.3 is 15.4 Å². The molecule has 3 rings (SSSR count). The van der Waals surface area contributed by atoms with Crippen LogP contribution in [0.25, 0.3) is 0 Å². The summed E-state index contributed by atoms with van der Waals surface area (Å²) in [5, 5.41) is 15.1. The van der Waals surface area contributed by atoms with E-state index in [1.165, 1.54) is 6.20 Å². The van der Waals surface area contributed by atoms with Crippen LogP contribution in [0.5, 0.6) is 5.75 Å². The van der Waals surface area contributed by atoms with Gasteiger partial charge in [0.2, 0.25) is 5.95 Å². The van der Waals surface area contributed by atoms with Crippen LogP contribution in [0.4, 0.5) is 23.1 Å². The molecule has 0 radical (unpaired) electrons. The quantitative estimate of drug-likeness (QED) is 0.687. The molecular formula is C16H13Cl2N5O. The number of methoxy groups -OCH3 is 1. The molecule has 8 heteroatoms. The number of benzene rings is 2. The van der Waals surface area contributed by atoms with Gasteiger partial charge in [0.1, 0.15) is 5.75 Å². The van der Waals surface area contributed by atoms with Gasteiger partial charge in [0, 0.05) is 16.8 Å². The molecule has 0 saturated heterocycles. The monoisotopic (exact) mass is 361 g/mol.